The molecule has 2 rings (SSSR count). The molecule has 0 aliphatic heterocycles. The van der Waals surface area contributed by atoms with Crippen LogP contribution in [0.2, 0.25) is 5.02 Å². The number of likely N-dealkylation sites (N-methyl/N-ethyl adjacent to an activating group) is 1. The van der Waals surface area contributed by atoms with Crippen molar-refractivity contribution in [3.63, 3.8) is 0 Å². The van der Waals surface area contributed by atoms with Crippen LogP contribution in [0.1, 0.15) is 18.1 Å². The number of carbonyl (C=O) groups excluding carboxylic acids is 1. The third kappa shape index (κ3) is 4.86. The summed E-state index contributed by atoms with van der Waals surface area (Å²) in [5, 5.41) is 3.64. The van der Waals surface area contributed by atoms with Crippen LogP contribution in [-0.2, 0) is 17.8 Å². The van der Waals surface area contributed by atoms with E-state index in [9.17, 15) is 4.79 Å². The van der Waals surface area contributed by atoms with Crippen molar-refractivity contribution in [3.05, 3.63) is 64.7 Å². The lowest BCUT2D eigenvalue weighted by Crippen LogP contribution is -2.29. The molecular formula is C18H21ClN2O. The molecule has 0 aliphatic carbocycles. The molecule has 22 heavy (non-hydrogen) atoms. The molecule has 0 spiro atoms. The van der Waals surface area contributed by atoms with Gasteiger partial charge < -0.3 is 5.32 Å². The molecule has 1 amide bonds. The molecule has 0 atom stereocenters. The van der Waals surface area contributed by atoms with Crippen molar-refractivity contribution < 1.29 is 4.79 Å². The van der Waals surface area contributed by atoms with Crippen molar-refractivity contribution in [3.8, 4) is 0 Å². The van der Waals surface area contributed by atoms with Crippen molar-refractivity contribution in [1.82, 2.24) is 4.90 Å². The maximum Gasteiger partial charge on any atom is 0.238 e. The Labute approximate surface area is 136 Å². The average Bonchev–Trinajstić information content (AvgIpc) is 2.50. The van der Waals surface area contributed by atoms with Gasteiger partial charge in [0.25, 0.3) is 0 Å². The highest BCUT2D eigenvalue weighted by Gasteiger charge is 2.09. The van der Waals surface area contributed by atoms with Crippen LogP contribution in [0, 0.1) is 0 Å². The SMILES string of the molecule is CCc1ccc(NC(=O)CN(C)Cc2ccccc2Cl)cc1. The first-order valence-electron chi connectivity index (χ1n) is 7.39. The van der Waals surface area contributed by atoms with Gasteiger partial charge in [-0.1, -0.05) is 48.9 Å². The molecule has 0 aromatic heterocycles. The van der Waals surface area contributed by atoms with E-state index in [0.29, 0.717) is 13.1 Å². The van der Waals surface area contributed by atoms with E-state index in [1.807, 2.05) is 60.5 Å². The second-order valence-corrected chi connectivity index (χ2v) is 5.77. The minimum absolute atomic E-state index is 0.0289. The van der Waals surface area contributed by atoms with E-state index in [2.05, 4.69) is 12.2 Å². The Bertz CT molecular complexity index is 625. The van der Waals surface area contributed by atoms with Gasteiger partial charge in [0, 0.05) is 17.3 Å². The Morgan fingerprint density at radius 2 is 1.82 bits per heavy atom. The maximum atomic E-state index is 12.1. The van der Waals surface area contributed by atoms with Gasteiger partial charge in [-0.15, -0.1) is 0 Å². The molecule has 0 bridgehead atoms. The number of carbonyl (C=O) groups is 1. The normalized spacial score (nSPS) is 10.7. The predicted octanol–water partition coefficient (Wildman–Crippen LogP) is 3.97. The third-order valence-electron chi connectivity index (χ3n) is 3.46. The van der Waals surface area contributed by atoms with Crippen LogP contribution in [0.15, 0.2) is 48.5 Å². The number of rotatable bonds is 6. The quantitative estimate of drug-likeness (QED) is 0.874. The highest BCUT2D eigenvalue weighted by molar-refractivity contribution is 6.31. The lowest BCUT2D eigenvalue weighted by atomic mass is 10.1. The fourth-order valence-electron chi connectivity index (χ4n) is 2.24. The summed E-state index contributed by atoms with van der Waals surface area (Å²) in [6.45, 7) is 3.07. The smallest absolute Gasteiger partial charge is 0.238 e. The molecular weight excluding hydrogens is 296 g/mol. The summed E-state index contributed by atoms with van der Waals surface area (Å²) in [6.07, 6.45) is 0.995. The summed E-state index contributed by atoms with van der Waals surface area (Å²) in [4.78, 5) is 14.0. The standard InChI is InChI=1S/C18H21ClN2O/c1-3-14-8-10-16(11-9-14)20-18(22)13-21(2)12-15-6-4-5-7-17(15)19/h4-11H,3,12-13H2,1-2H3,(H,20,22). The Morgan fingerprint density at radius 3 is 2.45 bits per heavy atom. The topological polar surface area (TPSA) is 32.3 Å². The van der Waals surface area contributed by atoms with E-state index in [1.54, 1.807) is 0 Å². The van der Waals surface area contributed by atoms with Gasteiger partial charge in [0.2, 0.25) is 5.91 Å². The molecule has 0 fully saturated rings. The van der Waals surface area contributed by atoms with Gasteiger partial charge in [0.15, 0.2) is 0 Å². The number of halogens is 1. The molecule has 0 radical (unpaired) electrons. The lowest BCUT2D eigenvalue weighted by molar-refractivity contribution is -0.117. The average molecular weight is 317 g/mol. The molecule has 2 aromatic rings. The molecule has 3 nitrogen and oxygen atoms in total. The van der Waals surface area contributed by atoms with Crippen molar-refractivity contribution in [1.29, 1.82) is 0 Å². The largest absolute Gasteiger partial charge is 0.325 e. The zero-order valence-corrected chi connectivity index (χ0v) is 13.7. The number of nitrogens with one attached hydrogen (secondary N) is 1. The van der Waals surface area contributed by atoms with Crippen molar-refractivity contribution in [2.24, 2.45) is 0 Å². The summed E-state index contributed by atoms with van der Waals surface area (Å²) in [6, 6.07) is 15.6. The van der Waals surface area contributed by atoms with Gasteiger partial charge in [-0.3, -0.25) is 9.69 Å². The van der Waals surface area contributed by atoms with Crippen LogP contribution in [0.25, 0.3) is 0 Å². The molecule has 0 saturated carbocycles. The van der Waals surface area contributed by atoms with E-state index >= 15 is 0 Å². The second kappa shape index (κ2) is 7.97. The maximum absolute atomic E-state index is 12.1. The summed E-state index contributed by atoms with van der Waals surface area (Å²) >= 11 is 6.14. The molecule has 4 heteroatoms. The number of aryl methyl sites for hydroxylation is 1. The van der Waals surface area contributed by atoms with Gasteiger partial charge in [-0.05, 0) is 42.8 Å². The van der Waals surface area contributed by atoms with Crippen molar-refractivity contribution in [2.75, 3.05) is 18.9 Å². The summed E-state index contributed by atoms with van der Waals surface area (Å²) in [7, 11) is 1.91. The number of nitrogens with zero attached hydrogens (tertiary/aromatic N) is 1. The highest BCUT2D eigenvalue weighted by atomic mass is 35.5. The Kier molecular flexibility index (Phi) is 5.99. The number of benzene rings is 2. The van der Waals surface area contributed by atoms with Gasteiger partial charge in [0.05, 0.1) is 6.54 Å². The molecule has 0 heterocycles. The summed E-state index contributed by atoms with van der Waals surface area (Å²) in [5.74, 6) is -0.0289. The Balaban J connectivity index is 1.87. The molecule has 0 saturated heterocycles. The predicted molar refractivity (Wildman–Crippen MR) is 92.2 cm³/mol. The van der Waals surface area contributed by atoms with Crippen LogP contribution in [-0.4, -0.2) is 24.4 Å². The number of amides is 1. The number of hydrogen-bond donors (Lipinski definition) is 1. The first-order valence-corrected chi connectivity index (χ1v) is 7.77. The zero-order chi connectivity index (χ0) is 15.9. The molecule has 2 aromatic carbocycles. The minimum Gasteiger partial charge on any atom is -0.325 e. The van der Waals surface area contributed by atoms with Crippen LogP contribution < -0.4 is 5.32 Å². The first-order chi connectivity index (χ1) is 10.6. The summed E-state index contributed by atoms with van der Waals surface area (Å²) in [5.41, 5.74) is 3.11. The summed E-state index contributed by atoms with van der Waals surface area (Å²) < 4.78 is 0. The van der Waals surface area contributed by atoms with E-state index in [1.165, 1.54) is 5.56 Å². The molecule has 116 valence electrons. The number of anilines is 1. The number of hydrogen-bond acceptors (Lipinski definition) is 2. The molecule has 0 unspecified atom stereocenters. The van der Waals surface area contributed by atoms with Crippen LogP contribution in [0.5, 0.6) is 0 Å². The van der Waals surface area contributed by atoms with E-state index in [4.69, 9.17) is 11.6 Å². The van der Waals surface area contributed by atoms with E-state index in [-0.39, 0.29) is 5.91 Å². The fraction of sp³-hybridized carbons (Fsp3) is 0.278. The van der Waals surface area contributed by atoms with Gasteiger partial charge in [0.1, 0.15) is 0 Å². The molecule has 1 N–H and O–H groups in total. The fourth-order valence-corrected chi connectivity index (χ4v) is 2.44. The van der Waals surface area contributed by atoms with Crippen LogP contribution in [0.3, 0.4) is 0 Å². The highest BCUT2D eigenvalue weighted by Crippen LogP contribution is 2.16. The van der Waals surface area contributed by atoms with Gasteiger partial charge in [-0.2, -0.15) is 0 Å². The first kappa shape index (κ1) is 16.5. The van der Waals surface area contributed by atoms with E-state index < -0.39 is 0 Å². The second-order valence-electron chi connectivity index (χ2n) is 5.36. The van der Waals surface area contributed by atoms with Gasteiger partial charge in [-0.25, -0.2) is 0 Å². The van der Waals surface area contributed by atoms with Crippen LogP contribution in [0.4, 0.5) is 5.69 Å². The monoisotopic (exact) mass is 316 g/mol. The van der Waals surface area contributed by atoms with Crippen molar-refractivity contribution in [2.45, 2.75) is 19.9 Å². The third-order valence-corrected chi connectivity index (χ3v) is 3.83. The lowest BCUT2D eigenvalue weighted by Gasteiger charge is -2.17. The Morgan fingerprint density at radius 1 is 1.14 bits per heavy atom. The molecule has 0 aliphatic rings. The zero-order valence-electron chi connectivity index (χ0n) is 13.0. The van der Waals surface area contributed by atoms with Crippen molar-refractivity contribution >= 4 is 23.2 Å². The van der Waals surface area contributed by atoms with Crippen LogP contribution >= 0.6 is 11.6 Å². The van der Waals surface area contributed by atoms with E-state index in [0.717, 1.165) is 22.7 Å². The Hall–Kier alpha value is -1.84. The minimum atomic E-state index is -0.0289. The van der Waals surface area contributed by atoms with Gasteiger partial charge >= 0.3 is 0 Å².